The topological polar surface area (TPSA) is 25.2 Å². The average Bonchev–Trinajstić information content (AvgIpc) is 2.90. The molecule has 1 aliphatic carbocycles. The number of rotatable bonds is 5. The van der Waals surface area contributed by atoms with E-state index in [1.54, 1.807) is 6.26 Å². The summed E-state index contributed by atoms with van der Waals surface area (Å²) >= 11 is 1.89. The number of thioether (sulfide) groups is 1. The number of aryl methyl sites for hydroxylation is 1. The normalized spacial score (nSPS) is 18.4. The minimum Gasteiger partial charge on any atom is -0.468 e. The largest absolute Gasteiger partial charge is 0.468 e. The maximum Gasteiger partial charge on any atom is 0.114 e. The van der Waals surface area contributed by atoms with Crippen molar-refractivity contribution in [3.63, 3.8) is 0 Å². The minimum atomic E-state index is 0.617. The van der Waals surface area contributed by atoms with Crippen molar-refractivity contribution in [2.75, 3.05) is 6.54 Å². The predicted octanol–water partition coefficient (Wildman–Crippen LogP) is 2.82. The summed E-state index contributed by atoms with van der Waals surface area (Å²) in [7, 11) is 0. The third-order valence-electron chi connectivity index (χ3n) is 2.41. The molecular formula is C11H17NOS. The van der Waals surface area contributed by atoms with Gasteiger partial charge >= 0.3 is 0 Å². The van der Waals surface area contributed by atoms with Crippen LogP contribution >= 0.6 is 11.8 Å². The molecule has 1 N–H and O–H groups in total. The van der Waals surface area contributed by atoms with Gasteiger partial charge in [-0.1, -0.05) is 6.92 Å². The van der Waals surface area contributed by atoms with Crippen LogP contribution < -0.4 is 5.32 Å². The van der Waals surface area contributed by atoms with Crippen molar-refractivity contribution in [1.29, 1.82) is 0 Å². The Balaban J connectivity index is 1.75. The van der Waals surface area contributed by atoms with Crippen molar-refractivity contribution in [2.24, 2.45) is 0 Å². The van der Waals surface area contributed by atoms with E-state index in [1.807, 2.05) is 24.8 Å². The van der Waals surface area contributed by atoms with Crippen molar-refractivity contribution >= 4 is 11.8 Å². The first-order chi connectivity index (χ1) is 6.75. The third kappa shape index (κ3) is 2.79. The molecule has 1 aromatic heterocycles. The van der Waals surface area contributed by atoms with Gasteiger partial charge in [-0.25, -0.2) is 0 Å². The Bertz CT molecular complexity index is 293. The molecule has 0 amide bonds. The Morgan fingerprint density at radius 2 is 2.43 bits per heavy atom. The van der Waals surface area contributed by atoms with E-state index in [9.17, 15) is 0 Å². The van der Waals surface area contributed by atoms with E-state index in [4.69, 9.17) is 4.42 Å². The second-order valence-corrected chi connectivity index (χ2v) is 5.43. The van der Waals surface area contributed by atoms with E-state index in [2.05, 4.69) is 12.2 Å². The standard InChI is InChI=1S/C11H17NOS/c1-8(7-12-10-3-4-10)14-11-5-6-13-9(11)2/h5-6,8,10,12H,3-4,7H2,1-2H3. The molecule has 0 aliphatic heterocycles. The first-order valence-corrected chi connectivity index (χ1v) is 6.08. The van der Waals surface area contributed by atoms with Crippen molar-refractivity contribution in [3.05, 3.63) is 18.1 Å². The van der Waals surface area contributed by atoms with E-state index < -0.39 is 0 Å². The van der Waals surface area contributed by atoms with Gasteiger partial charge in [-0.2, -0.15) is 0 Å². The Labute approximate surface area is 89.4 Å². The van der Waals surface area contributed by atoms with Crippen molar-refractivity contribution < 1.29 is 4.42 Å². The molecule has 0 aromatic carbocycles. The van der Waals surface area contributed by atoms with Gasteiger partial charge in [0.1, 0.15) is 5.76 Å². The van der Waals surface area contributed by atoms with Crippen LogP contribution in [0.25, 0.3) is 0 Å². The Morgan fingerprint density at radius 1 is 1.64 bits per heavy atom. The second-order valence-electron chi connectivity index (χ2n) is 3.95. The summed E-state index contributed by atoms with van der Waals surface area (Å²) in [5.41, 5.74) is 0. The number of hydrogen-bond acceptors (Lipinski definition) is 3. The van der Waals surface area contributed by atoms with Crippen LogP contribution in [0.15, 0.2) is 21.6 Å². The third-order valence-corrected chi connectivity index (χ3v) is 3.66. The molecule has 1 atom stereocenters. The van der Waals surface area contributed by atoms with E-state index in [0.717, 1.165) is 18.3 Å². The molecule has 0 spiro atoms. The number of furan rings is 1. The Hall–Kier alpha value is -0.410. The zero-order valence-electron chi connectivity index (χ0n) is 8.75. The van der Waals surface area contributed by atoms with Crippen molar-refractivity contribution in [1.82, 2.24) is 5.32 Å². The predicted molar refractivity (Wildman–Crippen MR) is 59.8 cm³/mol. The summed E-state index contributed by atoms with van der Waals surface area (Å²) in [6.45, 7) is 5.37. The summed E-state index contributed by atoms with van der Waals surface area (Å²) < 4.78 is 5.26. The molecule has 1 unspecified atom stereocenters. The quantitative estimate of drug-likeness (QED) is 0.758. The van der Waals surface area contributed by atoms with E-state index >= 15 is 0 Å². The van der Waals surface area contributed by atoms with E-state index in [1.165, 1.54) is 17.7 Å². The molecule has 1 aliphatic rings. The Morgan fingerprint density at radius 3 is 3.00 bits per heavy atom. The summed E-state index contributed by atoms with van der Waals surface area (Å²) in [5.74, 6) is 1.04. The molecule has 1 saturated carbocycles. The molecule has 0 bridgehead atoms. The SMILES string of the molecule is Cc1occc1SC(C)CNC1CC1. The van der Waals surface area contributed by atoms with Crippen LogP contribution in [-0.2, 0) is 0 Å². The zero-order chi connectivity index (χ0) is 9.97. The molecule has 1 aromatic rings. The highest BCUT2D eigenvalue weighted by Gasteiger charge is 2.21. The lowest BCUT2D eigenvalue weighted by Crippen LogP contribution is -2.24. The van der Waals surface area contributed by atoms with Crippen LogP contribution in [0, 0.1) is 6.92 Å². The maximum absolute atomic E-state index is 5.26. The van der Waals surface area contributed by atoms with E-state index in [-0.39, 0.29) is 0 Å². The molecule has 14 heavy (non-hydrogen) atoms. The smallest absolute Gasteiger partial charge is 0.114 e. The average molecular weight is 211 g/mol. The van der Waals surface area contributed by atoms with Crippen molar-refractivity contribution in [2.45, 2.75) is 42.9 Å². The monoisotopic (exact) mass is 211 g/mol. The fourth-order valence-electron chi connectivity index (χ4n) is 1.37. The molecule has 2 rings (SSSR count). The van der Waals surface area contributed by atoms with Gasteiger partial charge in [0.25, 0.3) is 0 Å². The zero-order valence-corrected chi connectivity index (χ0v) is 9.56. The fraction of sp³-hybridized carbons (Fsp3) is 0.636. The lowest BCUT2D eigenvalue weighted by atomic mass is 10.4. The van der Waals surface area contributed by atoms with Crippen LogP contribution in [0.1, 0.15) is 25.5 Å². The first kappa shape index (κ1) is 10.1. The lowest BCUT2D eigenvalue weighted by molar-refractivity contribution is 0.526. The van der Waals surface area contributed by atoms with Gasteiger partial charge in [-0.3, -0.25) is 0 Å². The molecule has 1 heterocycles. The van der Waals surface area contributed by atoms with Crippen LogP contribution in [0.5, 0.6) is 0 Å². The molecule has 0 radical (unpaired) electrons. The lowest BCUT2D eigenvalue weighted by Gasteiger charge is -2.10. The molecule has 2 nitrogen and oxygen atoms in total. The summed E-state index contributed by atoms with van der Waals surface area (Å²) in [6, 6.07) is 2.86. The van der Waals surface area contributed by atoms with Gasteiger partial charge in [0.05, 0.1) is 6.26 Å². The maximum atomic E-state index is 5.26. The molecule has 1 fully saturated rings. The number of hydrogen-bond donors (Lipinski definition) is 1. The molecule has 78 valence electrons. The highest BCUT2D eigenvalue weighted by Crippen LogP contribution is 2.27. The fourth-order valence-corrected chi connectivity index (χ4v) is 2.34. The molecule has 0 saturated heterocycles. The van der Waals surface area contributed by atoms with Gasteiger partial charge in [-0.05, 0) is 25.8 Å². The molecular weight excluding hydrogens is 194 g/mol. The summed E-state index contributed by atoms with van der Waals surface area (Å²) in [4.78, 5) is 1.27. The van der Waals surface area contributed by atoms with Gasteiger partial charge in [-0.15, -0.1) is 11.8 Å². The van der Waals surface area contributed by atoms with Crippen LogP contribution in [0.2, 0.25) is 0 Å². The number of nitrogens with one attached hydrogen (secondary N) is 1. The Kier molecular flexibility index (Phi) is 3.19. The van der Waals surface area contributed by atoms with Crippen LogP contribution in [-0.4, -0.2) is 17.8 Å². The van der Waals surface area contributed by atoms with Gasteiger partial charge in [0.2, 0.25) is 0 Å². The minimum absolute atomic E-state index is 0.617. The summed E-state index contributed by atoms with van der Waals surface area (Å²) in [5, 5.41) is 4.15. The second kappa shape index (κ2) is 4.41. The van der Waals surface area contributed by atoms with Crippen molar-refractivity contribution in [3.8, 4) is 0 Å². The first-order valence-electron chi connectivity index (χ1n) is 5.20. The van der Waals surface area contributed by atoms with Gasteiger partial charge in [0, 0.05) is 22.7 Å². The van der Waals surface area contributed by atoms with Gasteiger partial charge < -0.3 is 9.73 Å². The van der Waals surface area contributed by atoms with Crippen LogP contribution in [0.4, 0.5) is 0 Å². The highest BCUT2D eigenvalue weighted by molar-refractivity contribution is 8.00. The van der Waals surface area contributed by atoms with Gasteiger partial charge in [0.15, 0.2) is 0 Å². The summed E-state index contributed by atoms with van der Waals surface area (Å²) in [6.07, 6.45) is 4.49. The van der Waals surface area contributed by atoms with Crippen LogP contribution in [0.3, 0.4) is 0 Å². The highest BCUT2D eigenvalue weighted by atomic mass is 32.2. The molecule has 3 heteroatoms. The van der Waals surface area contributed by atoms with E-state index in [0.29, 0.717) is 5.25 Å².